The maximum Gasteiger partial charge on any atom is 0.389 e. The van der Waals surface area contributed by atoms with Crippen molar-refractivity contribution in [2.45, 2.75) is 57.3 Å². The van der Waals surface area contributed by atoms with E-state index in [0.717, 1.165) is 31.5 Å². The zero-order chi connectivity index (χ0) is 28.2. The molecule has 0 saturated carbocycles. The molecule has 8 nitrogen and oxygen atoms in total. The largest absolute Gasteiger partial charge is 0.405 e. The number of aromatic nitrogens is 2. The highest BCUT2D eigenvalue weighted by Gasteiger charge is 2.33. The normalized spacial score (nSPS) is 19.0. The summed E-state index contributed by atoms with van der Waals surface area (Å²) in [4.78, 5) is 30.6. The van der Waals surface area contributed by atoms with Crippen molar-refractivity contribution in [3.63, 3.8) is 0 Å². The Morgan fingerprint density at radius 1 is 1.03 bits per heavy atom. The molecule has 12 heteroatoms. The minimum atomic E-state index is -4.32. The molecule has 2 aliphatic heterocycles. The number of imidazole rings is 1. The molecule has 4 rings (SSSR count). The summed E-state index contributed by atoms with van der Waals surface area (Å²) in [7, 11) is 0. The molecular formula is C27H36F4N6O2. The Balaban J connectivity index is 1.39. The maximum atomic E-state index is 14.0. The van der Waals surface area contributed by atoms with E-state index in [0.29, 0.717) is 43.5 Å². The standard InChI is InChI=1S/C27H36F4N6O2/c28-21-2-3-23-24(16-21)36(11-1-9-27(29,30)31)26(39)37(23)22-7-14-35(15-8-22)25(38)20-5-12-34(13-6-20)18-19(17-33)4-10-32/h2-4,10,16-17,20,22H,1,5-9,11-15,18,32-33H2/b10-4-,19-17+. The molecule has 0 aliphatic carbocycles. The molecule has 214 valence electrons. The van der Waals surface area contributed by atoms with Crippen molar-refractivity contribution < 1.29 is 22.4 Å². The van der Waals surface area contributed by atoms with E-state index in [1.807, 2.05) is 4.90 Å². The number of carbonyl (C=O) groups is 1. The fourth-order valence-corrected chi connectivity index (χ4v) is 5.74. The van der Waals surface area contributed by atoms with Crippen molar-refractivity contribution in [3.8, 4) is 0 Å². The van der Waals surface area contributed by atoms with Crippen molar-refractivity contribution in [2.24, 2.45) is 17.4 Å². The molecule has 2 saturated heterocycles. The highest BCUT2D eigenvalue weighted by atomic mass is 19.4. The van der Waals surface area contributed by atoms with E-state index >= 15 is 0 Å². The van der Waals surface area contributed by atoms with E-state index in [-0.39, 0.29) is 30.8 Å². The Kier molecular flexibility index (Phi) is 9.04. The lowest BCUT2D eigenvalue weighted by Gasteiger charge is -2.37. The molecule has 4 N–H and O–H groups in total. The number of fused-ring (bicyclic) bond motifs is 1. The smallest absolute Gasteiger partial charge is 0.389 e. The summed E-state index contributed by atoms with van der Waals surface area (Å²) >= 11 is 0. The number of aryl methyl sites for hydroxylation is 1. The van der Waals surface area contributed by atoms with Crippen molar-refractivity contribution in [3.05, 3.63) is 58.5 Å². The number of rotatable bonds is 8. The zero-order valence-electron chi connectivity index (χ0n) is 21.9. The summed E-state index contributed by atoms with van der Waals surface area (Å²) in [6.45, 7) is 3.06. The van der Waals surface area contributed by atoms with Crippen LogP contribution in [0, 0.1) is 11.7 Å². The lowest BCUT2D eigenvalue weighted by atomic mass is 9.93. The predicted molar refractivity (Wildman–Crippen MR) is 141 cm³/mol. The van der Waals surface area contributed by atoms with Gasteiger partial charge < -0.3 is 16.4 Å². The Labute approximate surface area is 224 Å². The van der Waals surface area contributed by atoms with Crippen molar-refractivity contribution >= 4 is 16.9 Å². The zero-order valence-corrected chi connectivity index (χ0v) is 21.9. The molecule has 2 fully saturated rings. The molecule has 1 aromatic carbocycles. The summed E-state index contributed by atoms with van der Waals surface area (Å²) in [5.41, 5.74) is 12.4. The number of nitrogens with zero attached hydrogens (tertiary/aromatic N) is 4. The van der Waals surface area contributed by atoms with Gasteiger partial charge in [0.05, 0.1) is 11.0 Å². The molecular weight excluding hydrogens is 516 g/mol. The molecule has 39 heavy (non-hydrogen) atoms. The number of likely N-dealkylation sites (tertiary alicyclic amines) is 2. The first-order chi connectivity index (χ1) is 18.6. The van der Waals surface area contributed by atoms with Crippen LogP contribution in [0.25, 0.3) is 11.0 Å². The number of alkyl halides is 3. The molecule has 0 spiro atoms. The van der Waals surface area contributed by atoms with Gasteiger partial charge in [-0.3, -0.25) is 18.8 Å². The van der Waals surface area contributed by atoms with Crippen molar-refractivity contribution in [2.75, 3.05) is 32.7 Å². The molecule has 3 heterocycles. The van der Waals surface area contributed by atoms with E-state index in [1.54, 1.807) is 10.6 Å². The quantitative estimate of drug-likeness (QED) is 0.386. The van der Waals surface area contributed by atoms with Crippen LogP contribution in [0.5, 0.6) is 0 Å². The lowest BCUT2D eigenvalue weighted by Crippen LogP contribution is -2.46. The Morgan fingerprint density at radius 3 is 2.33 bits per heavy atom. The number of benzene rings is 1. The fraction of sp³-hybridized carbons (Fsp3) is 0.556. The first kappa shape index (κ1) is 28.7. The second-order valence-corrected chi connectivity index (χ2v) is 10.4. The summed E-state index contributed by atoms with van der Waals surface area (Å²) in [6, 6.07) is 3.73. The fourth-order valence-electron chi connectivity index (χ4n) is 5.74. The van der Waals surface area contributed by atoms with Crippen LogP contribution in [0.2, 0.25) is 0 Å². The highest BCUT2D eigenvalue weighted by molar-refractivity contribution is 5.79. The Bertz CT molecular complexity index is 1270. The first-order valence-electron chi connectivity index (χ1n) is 13.4. The summed E-state index contributed by atoms with van der Waals surface area (Å²) in [5, 5.41) is 0. The number of hydrogen-bond donors (Lipinski definition) is 2. The van der Waals surface area contributed by atoms with Crippen LogP contribution in [-0.2, 0) is 11.3 Å². The minimum Gasteiger partial charge on any atom is -0.405 e. The summed E-state index contributed by atoms with van der Waals surface area (Å²) in [5.74, 6) is -0.496. The third-order valence-corrected chi connectivity index (χ3v) is 7.78. The van der Waals surface area contributed by atoms with Crippen molar-refractivity contribution in [1.82, 2.24) is 18.9 Å². The van der Waals surface area contributed by atoms with Gasteiger partial charge in [0.1, 0.15) is 5.82 Å². The van der Waals surface area contributed by atoms with E-state index in [2.05, 4.69) is 4.90 Å². The van der Waals surface area contributed by atoms with E-state index < -0.39 is 24.1 Å². The summed E-state index contributed by atoms with van der Waals surface area (Å²) < 4.78 is 54.9. The number of hydrogen-bond acceptors (Lipinski definition) is 5. The average molecular weight is 553 g/mol. The van der Waals surface area contributed by atoms with Crippen LogP contribution < -0.4 is 17.2 Å². The van der Waals surface area contributed by atoms with Gasteiger partial charge in [-0.05, 0) is 87.4 Å². The van der Waals surface area contributed by atoms with Crippen LogP contribution in [0.3, 0.4) is 0 Å². The average Bonchev–Trinajstić information content (AvgIpc) is 3.18. The van der Waals surface area contributed by atoms with Gasteiger partial charge in [-0.2, -0.15) is 13.2 Å². The van der Waals surface area contributed by atoms with Crippen LogP contribution in [0.15, 0.2) is 47.0 Å². The second kappa shape index (κ2) is 12.3. The van der Waals surface area contributed by atoms with Crippen LogP contribution in [0.4, 0.5) is 17.6 Å². The molecule has 0 bridgehead atoms. The van der Waals surface area contributed by atoms with Crippen molar-refractivity contribution in [1.29, 1.82) is 0 Å². The lowest BCUT2D eigenvalue weighted by molar-refractivity contribution is -0.138. The number of nitrogens with two attached hydrogens (primary N) is 2. The monoisotopic (exact) mass is 552 g/mol. The van der Waals surface area contributed by atoms with E-state index in [4.69, 9.17) is 11.5 Å². The summed E-state index contributed by atoms with van der Waals surface area (Å²) in [6.07, 6.45) is 1.73. The predicted octanol–water partition coefficient (Wildman–Crippen LogP) is 3.48. The molecule has 0 atom stereocenters. The Morgan fingerprint density at radius 2 is 1.72 bits per heavy atom. The van der Waals surface area contributed by atoms with Gasteiger partial charge >= 0.3 is 11.9 Å². The SMILES string of the molecule is N/C=C\C(=C/N)CN1CCC(C(=O)N2CCC(n3c(=O)n(CCCC(F)(F)F)c4cc(F)ccc43)CC2)CC1. The van der Waals surface area contributed by atoms with Gasteiger partial charge in [0.15, 0.2) is 0 Å². The van der Waals surface area contributed by atoms with Crippen LogP contribution >= 0.6 is 0 Å². The van der Waals surface area contributed by atoms with Gasteiger partial charge in [-0.1, -0.05) is 0 Å². The molecule has 0 radical (unpaired) electrons. The third-order valence-electron chi connectivity index (χ3n) is 7.78. The molecule has 1 aromatic heterocycles. The van der Waals surface area contributed by atoms with E-state index in [1.165, 1.54) is 35.2 Å². The van der Waals surface area contributed by atoms with Gasteiger partial charge in [0.25, 0.3) is 0 Å². The first-order valence-corrected chi connectivity index (χ1v) is 13.4. The van der Waals surface area contributed by atoms with Gasteiger partial charge in [0, 0.05) is 44.6 Å². The number of halogens is 4. The Hall–Kier alpha value is -3.28. The number of amides is 1. The van der Waals surface area contributed by atoms with Gasteiger partial charge in [0.2, 0.25) is 5.91 Å². The second-order valence-electron chi connectivity index (χ2n) is 10.4. The minimum absolute atomic E-state index is 0.0607. The highest BCUT2D eigenvalue weighted by Crippen LogP contribution is 2.29. The molecule has 1 amide bonds. The maximum absolute atomic E-state index is 14.0. The van der Waals surface area contributed by atoms with Gasteiger partial charge in [-0.25, -0.2) is 9.18 Å². The molecule has 0 unspecified atom stereocenters. The number of carbonyl (C=O) groups excluding carboxylic acids is 1. The van der Waals surface area contributed by atoms with Crippen LogP contribution in [-0.4, -0.2) is 63.7 Å². The van der Waals surface area contributed by atoms with E-state index in [9.17, 15) is 27.2 Å². The third kappa shape index (κ3) is 6.84. The number of piperidine rings is 2. The van der Waals surface area contributed by atoms with Gasteiger partial charge in [-0.15, -0.1) is 0 Å². The van der Waals surface area contributed by atoms with Crippen LogP contribution in [0.1, 0.15) is 44.6 Å². The molecule has 2 aliphatic rings. The molecule has 2 aromatic rings. The topological polar surface area (TPSA) is 103 Å².